The van der Waals surface area contributed by atoms with Gasteiger partial charge in [-0.05, 0) is 54.5 Å². The monoisotopic (exact) mass is 387 g/mol. The van der Waals surface area contributed by atoms with Gasteiger partial charge < -0.3 is 9.64 Å². The van der Waals surface area contributed by atoms with Crippen molar-refractivity contribution in [2.24, 2.45) is 0 Å². The molecule has 0 saturated carbocycles. The van der Waals surface area contributed by atoms with Crippen molar-refractivity contribution in [3.05, 3.63) is 94.6 Å². The maximum Gasteiger partial charge on any atom is 0.337 e. The van der Waals surface area contributed by atoms with Crippen molar-refractivity contribution in [2.45, 2.75) is 38.3 Å². The van der Waals surface area contributed by atoms with Crippen LogP contribution in [0.1, 0.15) is 53.2 Å². The topological polar surface area (TPSA) is 46.6 Å². The lowest BCUT2D eigenvalue weighted by molar-refractivity contribution is -0.135. The Labute approximate surface area is 171 Å². The fraction of sp³-hybridized carbons (Fsp3) is 0.280. The van der Waals surface area contributed by atoms with Crippen molar-refractivity contribution < 1.29 is 14.3 Å². The minimum atomic E-state index is -0.338. The molecule has 2 aromatic rings. The number of carbonyl (C=O) groups excluding carboxylic acids is 2. The summed E-state index contributed by atoms with van der Waals surface area (Å²) in [6.07, 6.45) is 8.10. The molecule has 1 aliphatic heterocycles. The van der Waals surface area contributed by atoms with E-state index in [0.29, 0.717) is 17.7 Å². The molecule has 1 heterocycles. The van der Waals surface area contributed by atoms with Crippen LogP contribution in [0, 0.1) is 0 Å². The summed E-state index contributed by atoms with van der Waals surface area (Å²) in [5.74, 6) is -0.345. The zero-order valence-electron chi connectivity index (χ0n) is 16.6. The molecule has 4 heteroatoms. The lowest BCUT2D eigenvalue weighted by Gasteiger charge is -2.25. The minimum absolute atomic E-state index is 0.00690. The van der Waals surface area contributed by atoms with E-state index < -0.39 is 0 Å². The standard InChI is InChI=1S/C25H25NO3/c1-29-25(28)22(19-12-6-3-7-13-19)16-23-20-14-8-9-15-21(20)24(27)26(23)17-18-10-4-2-5-11-18/h2,4-5,8-12,14-16,23H,3,6-7,13,17H2,1H3/b22-16+. The van der Waals surface area contributed by atoms with E-state index >= 15 is 0 Å². The van der Waals surface area contributed by atoms with Gasteiger partial charge in [-0.25, -0.2) is 4.79 Å². The quantitative estimate of drug-likeness (QED) is 0.537. The predicted molar refractivity (Wildman–Crippen MR) is 112 cm³/mol. The Hall–Kier alpha value is -3.14. The van der Waals surface area contributed by atoms with Gasteiger partial charge in [0.25, 0.3) is 5.91 Å². The summed E-state index contributed by atoms with van der Waals surface area (Å²) < 4.78 is 5.09. The number of hydrogen-bond acceptors (Lipinski definition) is 3. The molecule has 0 bridgehead atoms. The first-order valence-corrected chi connectivity index (χ1v) is 10.1. The summed E-state index contributed by atoms with van der Waals surface area (Å²) in [6, 6.07) is 17.3. The van der Waals surface area contributed by atoms with Crippen LogP contribution >= 0.6 is 0 Å². The summed E-state index contributed by atoms with van der Waals surface area (Å²) in [5, 5.41) is 0. The highest BCUT2D eigenvalue weighted by atomic mass is 16.5. The number of hydrogen-bond donors (Lipinski definition) is 0. The third-order valence-corrected chi connectivity index (χ3v) is 5.67. The molecule has 0 spiro atoms. The molecule has 29 heavy (non-hydrogen) atoms. The largest absolute Gasteiger partial charge is 0.465 e. The van der Waals surface area contributed by atoms with E-state index in [1.54, 1.807) is 0 Å². The second-order valence-corrected chi connectivity index (χ2v) is 7.50. The van der Waals surface area contributed by atoms with E-state index in [1.165, 1.54) is 7.11 Å². The Kier molecular flexibility index (Phi) is 5.61. The van der Waals surface area contributed by atoms with Crippen LogP contribution < -0.4 is 0 Å². The highest BCUT2D eigenvalue weighted by Gasteiger charge is 2.36. The van der Waals surface area contributed by atoms with Crippen LogP contribution in [0.5, 0.6) is 0 Å². The second kappa shape index (κ2) is 8.48. The summed E-state index contributed by atoms with van der Waals surface area (Å²) in [7, 11) is 1.41. The van der Waals surface area contributed by atoms with Crippen LogP contribution in [-0.2, 0) is 16.1 Å². The van der Waals surface area contributed by atoms with Crippen LogP contribution in [0.4, 0.5) is 0 Å². The van der Waals surface area contributed by atoms with Crippen molar-refractivity contribution in [1.82, 2.24) is 4.90 Å². The predicted octanol–water partition coefficient (Wildman–Crippen LogP) is 4.98. The van der Waals surface area contributed by atoms with Crippen LogP contribution in [0.2, 0.25) is 0 Å². The Morgan fingerprint density at radius 2 is 1.86 bits per heavy atom. The van der Waals surface area contributed by atoms with E-state index in [-0.39, 0.29) is 17.9 Å². The van der Waals surface area contributed by atoms with Gasteiger partial charge in [-0.3, -0.25) is 4.79 Å². The number of carbonyl (C=O) groups is 2. The molecular weight excluding hydrogens is 362 g/mol. The van der Waals surface area contributed by atoms with Crippen LogP contribution in [0.25, 0.3) is 0 Å². The number of esters is 1. The fourth-order valence-corrected chi connectivity index (χ4v) is 4.19. The Morgan fingerprint density at radius 3 is 2.59 bits per heavy atom. The Bertz CT molecular complexity index is 975. The lowest BCUT2D eigenvalue weighted by atomic mass is 9.91. The molecule has 1 atom stereocenters. The second-order valence-electron chi connectivity index (χ2n) is 7.50. The lowest BCUT2D eigenvalue weighted by Crippen LogP contribution is -2.27. The maximum atomic E-state index is 13.2. The van der Waals surface area contributed by atoms with E-state index in [2.05, 4.69) is 6.08 Å². The number of allylic oxidation sites excluding steroid dienone is 1. The van der Waals surface area contributed by atoms with Gasteiger partial charge in [0.15, 0.2) is 0 Å². The molecule has 2 aliphatic rings. The van der Waals surface area contributed by atoms with Crippen LogP contribution in [0.15, 0.2) is 77.9 Å². The van der Waals surface area contributed by atoms with Crippen molar-refractivity contribution >= 4 is 11.9 Å². The third kappa shape index (κ3) is 3.88. The highest BCUT2D eigenvalue weighted by Crippen LogP contribution is 2.38. The number of rotatable bonds is 5. The third-order valence-electron chi connectivity index (χ3n) is 5.67. The molecule has 148 valence electrons. The first-order chi connectivity index (χ1) is 14.2. The van der Waals surface area contributed by atoms with E-state index in [1.807, 2.05) is 65.6 Å². The van der Waals surface area contributed by atoms with Gasteiger partial charge in [0, 0.05) is 12.1 Å². The first kappa shape index (κ1) is 19.2. The van der Waals surface area contributed by atoms with Gasteiger partial charge in [-0.2, -0.15) is 0 Å². The summed E-state index contributed by atoms with van der Waals surface area (Å²) >= 11 is 0. The van der Waals surface area contributed by atoms with Gasteiger partial charge in [0.05, 0.1) is 18.7 Å². The van der Waals surface area contributed by atoms with E-state index in [4.69, 9.17) is 4.74 Å². The average molecular weight is 387 g/mol. The zero-order chi connectivity index (χ0) is 20.2. The Balaban J connectivity index is 1.77. The summed E-state index contributed by atoms with van der Waals surface area (Å²) in [4.78, 5) is 27.6. The zero-order valence-corrected chi connectivity index (χ0v) is 16.6. The fourth-order valence-electron chi connectivity index (χ4n) is 4.19. The molecule has 4 rings (SSSR count). The molecule has 0 N–H and O–H groups in total. The smallest absolute Gasteiger partial charge is 0.337 e. The number of methoxy groups -OCH3 is 1. The molecule has 1 amide bonds. The maximum absolute atomic E-state index is 13.2. The molecule has 2 aromatic carbocycles. The number of fused-ring (bicyclic) bond motifs is 1. The number of nitrogens with zero attached hydrogens (tertiary/aromatic N) is 1. The van der Waals surface area contributed by atoms with Gasteiger partial charge in [0.2, 0.25) is 0 Å². The van der Waals surface area contributed by atoms with Crippen LogP contribution in [-0.4, -0.2) is 23.9 Å². The molecule has 4 nitrogen and oxygen atoms in total. The first-order valence-electron chi connectivity index (χ1n) is 10.1. The van der Waals surface area contributed by atoms with E-state index in [0.717, 1.165) is 42.4 Å². The molecule has 0 radical (unpaired) electrons. The SMILES string of the molecule is COC(=O)/C(=C/C1c2ccccc2C(=O)N1Cc1ccccc1)C1=CCCCC1. The molecule has 1 aliphatic carbocycles. The number of benzene rings is 2. The van der Waals surface area contributed by atoms with Crippen LogP contribution in [0.3, 0.4) is 0 Å². The van der Waals surface area contributed by atoms with Gasteiger partial charge in [-0.1, -0.05) is 54.6 Å². The molecule has 0 saturated heterocycles. The number of amides is 1. The average Bonchev–Trinajstić information content (AvgIpc) is 3.04. The van der Waals surface area contributed by atoms with E-state index in [9.17, 15) is 9.59 Å². The number of ether oxygens (including phenoxy) is 1. The van der Waals surface area contributed by atoms with Gasteiger partial charge in [0.1, 0.15) is 0 Å². The molecule has 0 aromatic heterocycles. The highest BCUT2D eigenvalue weighted by molar-refractivity contribution is 6.00. The molecule has 1 unspecified atom stereocenters. The minimum Gasteiger partial charge on any atom is -0.465 e. The van der Waals surface area contributed by atoms with Gasteiger partial charge >= 0.3 is 5.97 Å². The summed E-state index contributed by atoms with van der Waals surface area (Å²) in [6.45, 7) is 0.489. The van der Waals surface area contributed by atoms with Crippen molar-refractivity contribution in [3.63, 3.8) is 0 Å². The summed E-state index contributed by atoms with van der Waals surface area (Å²) in [5.41, 5.74) is 4.31. The molecule has 0 fully saturated rings. The van der Waals surface area contributed by atoms with Crippen molar-refractivity contribution in [1.29, 1.82) is 0 Å². The molecular formula is C25H25NO3. The van der Waals surface area contributed by atoms with Crippen molar-refractivity contribution in [2.75, 3.05) is 7.11 Å². The normalized spacial score (nSPS) is 19.0. The van der Waals surface area contributed by atoms with Crippen molar-refractivity contribution in [3.8, 4) is 0 Å². The Morgan fingerprint density at radius 1 is 1.10 bits per heavy atom. The van der Waals surface area contributed by atoms with Gasteiger partial charge in [-0.15, -0.1) is 0 Å².